The third-order valence-electron chi connectivity index (χ3n) is 5.04. The number of nitrogens with zero attached hydrogens (tertiary/aromatic N) is 1. The van der Waals surface area contributed by atoms with E-state index < -0.39 is 22.0 Å². The lowest BCUT2D eigenvalue weighted by atomic mass is 10.0. The van der Waals surface area contributed by atoms with Crippen LogP contribution in [0.2, 0.25) is 5.02 Å². The Kier molecular flexibility index (Phi) is 6.80. The first-order valence-corrected chi connectivity index (χ1v) is 11.3. The molecule has 1 atom stereocenters. The summed E-state index contributed by atoms with van der Waals surface area (Å²) in [6.07, 6.45) is 1.23. The van der Waals surface area contributed by atoms with Crippen LogP contribution in [0.5, 0.6) is 0 Å². The number of halogens is 1. The molecule has 30 heavy (non-hydrogen) atoms. The van der Waals surface area contributed by atoms with Crippen molar-refractivity contribution in [3.05, 3.63) is 58.6 Å². The van der Waals surface area contributed by atoms with Crippen molar-refractivity contribution in [2.75, 3.05) is 18.6 Å². The molecule has 0 bridgehead atoms. The molecule has 2 aromatic rings. The highest BCUT2D eigenvalue weighted by Gasteiger charge is 2.27. The maximum atomic E-state index is 13.1. The number of carbonyl (C=O) groups is 2. The predicted octanol–water partition coefficient (Wildman–Crippen LogP) is 3.22. The monoisotopic (exact) mass is 450 g/mol. The van der Waals surface area contributed by atoms with Crippen LogP contribution in [0.25, 0.3) is 0 Å². The number of fused-ring (bicyclic) bond motifs is 1. The molecule has 1 amide bonds. The van der Waals surface area contributed by atoms with Gasteiger partial charge in [0.15, 0.2) is 0 Å². The molecule has 0 saturated carbocycles. The first kappa shape index (κ1) is 22.3. The van der Waals surface area contributed by atoms with E-state index in [4.69, 9.17) is 16.3 Å². The Bertz CT molecular complexity index is 1070. The lowest BCUT2D eigenvalue weighted by Crippen LogP contribution is -2.34. The van der Waals surface area contributed by atoms with Crippen LogP contribution in [0.3, 0.4) is 0 Å². The van der Waals surface area contributed by atoms with Crippen LogP contribution in [0.15, 0.2) is 47.4 Å². The Balaban J connectivity index is 1.94. The second-order valence-electron chi connectivity index (χ2n) is 7.04. The first-order chi connectivity index (χ1) is 14.2. The number of rotatable bonds is 6. The fraction of sp³-hybridized carbons (Fsp3) is 0.333. The summed E-state index contributed by atoms with van der Waals surface area (Å²) in [5.74, 6) is -0.647. The summed E-state index contributed by atoms with van der Waals surface area (Å²) in [6, 6.07) is 10.5. The third-order valence-corrected chi connectivity index (χ3v) is 6.85. The van der Waals surface area contributed by atoms with E-state index in [1.54, 1.807) is 41.3 Å². The second-order valence-corrected chi connectivity index (χ2v) is 9.16. The van der Waals surface area contributed by atoms with Gasteiger partial charge in [-0.3, -0.25) is 9.59 Å². The Morgan fingerprint density at radius 3 is 2.63 bits per heavy atom. The minimum absolute atomic E-state index is 0.0635. The third kappa shape index (κ3) is 4.83. The largest absolute Gasteiger partial charge is 0.469 e. The second kappa shape index (κ2) is 9.16. The quantitative estimate of drug-likeness (QED) is 0.682. The van der Waals surface area contributed by atoms with Gasteiger partial charge in [-0.25, -0.2) is 13.1 Å². The molecular weight excluding hydrogens is 428 g/mol. The van der Waals surface area contributed by atoms with E-state index in [0.29, 0.717) is 23.6 Å². The Morgan fingerprint density at radius 1 is 1.23 bits per heavy atom. The average molecular weight is 451 g/mol. The number of hydrogen-bond acceptors (Lipinski definition) is 5. The van der Waals surface area contributed by atoms with Crippen molar-refractivity contribution in [2.45, 2.75) is 37.1 Å². The van der Waals surface area contributed by atoms with Gasteiger partial charge in [-0.05, 0) is 48.2 Å². The molecule has 1 heterocycles. The molecule has 0 fully saturated rings. The molecule has 1 N–H and O–H groups in total. The molecule has 1 aliphatic heterocycles. The van der Waals surface area contributed by atoms with Crippen LogP contribution in [-0.4, -0.2) is 33.9 Å². The lowest BCUT2D eigenvalue weighted by molar-refractivity contribution is -0.141. The summed E-state index contributed by atoms with van der Waals surface area (Å²) in [5.41, 5.74) is 2.00. The van der Waals surface area contributed by atoms with Crippen molar-refractivity contribution in [3.63, 3.8) is 0 Å². The van der Waals surface area contributed by atoms with Crippen molar-refractivity contribution in [1.29, 1.82) is 0 Å². The van der Waals surface area contributed by atoms with Crippen LogP contribution in [0.1, 0.15) is 36.9 Å². The molecule has 1 aliphatic rings. The van der Waals surface area contributed by atoms with Crippen LogP contribution in [-0.2, 0) is 30.8 Å². The van der Waals surface area contributed by atoms with E-state index >= 15 is 0 Å². The van der Waals surface area contributed by atoms with E-state index in [1.807, 2.05) is 0 Å². The van der Waals surface area contributed by atoms with Crippen molar-refractivity contribution in [2.24, 2.45) is 0 Å². The maximum Gasteiger partial charge on any atom is 0.307 e. The van der Waals surface area contributed by atoms with Gasteiger partial charge in [0.25, 0.3) is 0 Å². The maximum absolute atomic E-state index is 13.1. The summed E-state index contributed by atoms with van der Waals surface area (Å²) in [5, 5.41) is 0.344. The molecule has 0 spiro atoms. The summed E-state index contributed by atoms with van der Waals surface area (Å²) >= 11 is 6.24. The zero-order chi connectivity index (χ0) is 21.9. The SMILES string of the molecule is COC(=O)C[C@@H](NS(=O)(=O)c1ccc2c(c1)CCCN2C(C)=O)c1ccccc1Cl. The van der Waals surface area contributed by atoms with Gasteiger partial charge in [-0.2, -0.15) is 0 Å². The van der Waals surface area contributed by atoms with Gasteiger partial charge < -0.3 is 9.64 Å². The molecule has 2 aromatic carbocycles. The molecular formula is C21H23ClN2O5S. The van der Waals surface area contributed by atoms with Crippen molar-refractivity contribution < 1.29 is 22.7 Å². The van der Waals surface area contributed by atoms with E-state index in [2.05, 4.69) is 4.72 Å². The zero-order valence-corrected chi connectivity index (χ0v) is 18.3. The highest BCUT2D eigenvalue weighted by Crippen LogP contribution is 2.31. The first-order valence-electron chi connectivity index (χ1n) is 9.47. The van der Waals surface area contributed by atoms with E-state index in [1.165, 1.54) is 20.1 Å². The Labute approximate surface area is 181 Å². The molecule has 7 nitrogen and oxygen atoms in total. The zero-order valence-electron chi connectivity index (χ0n) is 16.7. The van der Waals surface area contributed by atoms with Gasteiger partial charge in [-0.1, -0.05) is 29.8 Å². The molecule has 0 aliphatic carbocycles. The predicted molar refractivity (Wildman–Crippen MR) is 114 cm³/mol. The van der Waals surface area contributed by atoms with E-state index in [0.717, 1.165) is 17.7 Å². The summed E-state index contributed by atoms with van der Waals surface area (Å²) < 4.78 is 33.5. The summed E-state index contributed by atoms with van der Waals surface area (Å²) in [4.78, 5) is 25.4. The molecule has 9 heteroatoms. The minimum atomic E-state index is -3.97. The number of aryl methyl sites for hydroxylation is 1. The minimum Gasteiger partial charge on any atom is -0.469 e. The number of sulfonamides is 1. The standard InChI is InChI=1S/C21H23ClN2O5S/c1-14(25)24-11-5-6-15-12-16(9-10-20(15)24)30(27,28)23-19(13-21(26)29-2)17-7-3-4-8-18(17)22/h3-4,7-10,12,19,23H,5-6,11,13H2,1-2H3/t19-/m1/s1. The van der Waals surface area contributed by atoms with Gasteiger partial charge in [0.2, 0.25) is 15.9 Å². The van der Waals surface area contributed by atoms with Crippen LogP contribution < -0.4 is 9.62 Å². The normalized spacial score (nSPS) is 14.7. The molecule has 0 unspecified atom stereocenters. The van der Waals surface area contributed by atoms with Gasteiger partial charge in [0.1, 0.15) is 0 Å². The number of hydrogen-bond donors (Lipinski definition) is 1. The van der Waals surface area contributed by atoms with Crippen LogP contribution >= 0.6 is 11.6 Å². The number of amides is 1. The van der Waals surface area contributed by atoms with Gasteiger partial charge in [0.05, 0.1) is 24.5 Å². The fourth-order valence-electron chi connectivity index (χ4n) is 3.55. The van der Waals surface area contributed by atoms with Gasteiger partial charge in [0, 0.05) is 24.2 Å². The fourth-order valence-corrected chi connectivity index (χ4v) is 5.08. The van der Waals surface area contributed by atoms with Crippen molar-refractivity contribution in [3.8, 4) is 0 Å². The number of nitrogens with one attached hydrogen (secondary N) is 1. The van der Waals surface area contributed by atoms with E-state index in [9.17, 15) is 18.0 Å². The van der Waals surface area contributed by atoms with Crippen molar-refractivity contribution >= 4 is 39.2 Å². The molecule has 160 valence electrons. The Morgan fingerprint density at radius 2 is 1.97 bits per heavy atom. The smallest absolute Gasteiger partial charge is 0.307 e. The number of anilines is 1. The lowest BCUT2D eigenvalue weighted by Gasteiger charge is -2.29. The number of esters is 1. The van der Waals surface area contributed by atoms with Crippen LogP contribution in [0, 0.1) is 0 Å². The highest BCUT2D eigenvalue weighted by molar-refractivity contribution is 7.89. The van der Waals surface area contributed by atoms with Crippen LogP contribution in [0.4, 0.5) is 5.69 Å². The number of carbonyl (C=O) groups excluding carboxylic acids is 2. The summed E-state index contributed by atoms with van der Waals surface area (Å²) in [6.45, 7) is 2.10. The molecule has 0 aromatic heterocycles. The number of ether oxygens (including phenoxy) is 1. The summed E-state index contributed by atoms with van der Waals surface area (Å²) in [7, 11) is -2.73. The van der Waals surface area contributed by atoms with Crippen molar-refractivity contribution in [1.82, 2.24) is 4.72 Å². The molecule has 0 saturated heterocycles. The van der Waals surface area contributed by atoms with Gasteiger partial charge in [-0.15, -0.1) is 0 Å². The average Bonchev–Trinajstić information content (AvgIpc) is 2.72. The highest BCUT2D eigenvalue weighted by atomic mass is 35.5. The van der Waals surface area contributed by atoms with Gasteiger partial charge >= 0.3 is 5.97 Å². The Hall–Kier alpha value is -2.42. The number of benzene rings is 2. The van der Waals surface area contributed by atoms with E-state index in [-0.39, 0.29) is 17.2 Å². The molecule has 0 radical (unpaired) electrons. The topological polar surface area (TPSA) is 92.8 Å². The molecule has 3 rings (SSSR count). The number of methoxy groups -OCH3 is 1.